The molecule has 1 N–H and O–H groups in total. The zero-order valence-corrected chi connectivity index (χ0v) is 11.3. The van der Waals surface area contributed by atoms with Gasteiger partial charge in [0, 0.05) is 16.3 Å². The summed E-state index contributed by atoms with van der Waals surface area (Å²) in [5.41, 5.74) is 3.53. The Balaban J connectivity index is 2.19. The average Bonchev–Trinajstić information content (AvgIpc) is 2.42. The van der Waals surface area contributed by atoms with Gasteiger partial charge in [-0.3, -0.25) is 0 Å². The highest BCUT2D eigenvalue weighted by atomic mass is 32.2. The molecule has 0 heterocycles. The molecule has 0 amide bonds. The van der Waals surface area contributed by atoms with Gasteiger partial charge in [-0.2, -0.15) is 0 Å². The highest BCUT2D eigenvalue weighted by Crippen LogP contribution is 2.23. The van der Waals surface area contributed by atoms with Gasteiger partial charge in [-0.15, -0.1) is 18.3 Å². The van der Waals surface area contributed by atoms with Crippen LogP contribution >= 0.6 is 11.8 Å². The van der Waals surface area contributed by atoms with Crippen molar-refractivity contribution >= 4 is 23.1 Å². The van der Waals surface area contributed by atoms with Crippen LogP contribution in [0.4, 0.5) is 11.4 Å². The first-order chi connectivity index (χ1) is 8.83. The topological polar surface area (TPSA) is 12.0 Å². The first kappa shape index (κ1) is 12.8. The van der Waals surface area contributed by atoms with Gasteiger partial charge in [-0.1, -0.05) is 24.3 Å². The standard InChI is InChI=1S/C16H17NS/c1-3-6-13-7-4-5-8-16(13)17-14-9-11-15(18-2)12-10-14/h3-5,7-12,17H,1,6H2,2H3. The lowest BCUT2D eigenvalue weighted by atomic mass is 10.1. The summed E-state index contributed by atoms with van der Waals surface area (Å²) in [6.07, 6.45) is 4.89. The second kappa shape index (κ2) is 6.31. The van der Waals surface area contributed by atoms with Crippen LogP contribution in [0.25, 0.3) is 0 Å². The van der Waals surface area contributed by atoms with E-state index in [1.165, 1.54) is 10.5 Å². The Morgan fingerprint density at radius 1 is 1.11 bits per heavy atom. The monoisotopic (exact) mass is 255 g/mol. The van der Waals surface area contributed by atoms with Crippen molar-refractivity contribution in [1.29, 1.82) is 0 Å². The van der Waals surface area contributed by atoms with Crippen molar-refractivity contribution in [2.75, 3.05) is 11.6 Å². The van der Waals surface area contributed by atoms with Gasteiger partial charge in [0.2, 0.25) is 0 Å². The molecule has 0 fully saturated rings. The van der Waals surface area contributed by atoms with Crippen LogP contribution in [0.1, 0.15) is 5.56 Å². The van der Waals surface area contributed by atoms with Crippen LogP contribution in [-0.4, -0.2) is 6.26 Å². The lowest BCUT2D eigenvalue weighted by Gasteiger charge is -2.11. The van der Waals surface area contributed by atoms with E-state index in [0.29, 0.717) is 0 Å². The maximum absolute atomic E-state index is 3.80. The van der Waals surface area contributed by atoms with E-state index in [-0.39, 0.29) is 0 Å². The molecule has 2 heteroatoms. The van der Waals surface area contributed by atoms with Gasteiger partial charge in [-0.05, 0) is 48.6 Å². The Morgan fingerprint density at radius 2 is 1.83 bits per heavy atom. The van der Waals surface area contributed by atoms with E-state index in [1.54, 1.807) is 11.8 Å². The zero-order chi connectivity index (χ0) is 12.8. The van der Waals surface area contributed by atoms with Crippen LogP contribution in [0, 0.1) is 0 Å². The van der Waals surface area contributed by atoms with Gasteiger partial charge < -0.3 is 5.32 Å². The summed E-state index contributed by atoms with van der Waals surface area (Å²) in [6.45, 7) is 3.80. The van der Waals surface area contributed by atoms with Crippen LogP contribution in [0.3, 0.4) is 0 Å². The lowest BCUT2D eigenvalue weighted by molar-refractivity contribution is 1.27. The van der Waals surface area contributed by atoms with E-state index < -0.39 is 0 Å². The quantitative estimate of drug-likeness (QED) is 0.603. The number of hydrogen-bond donors (Lipinski definition) is 1. The number of allylic oxidation sites excluding steroid dienone is 1. The van der Waals surface area contributed by atoms with Crippen molar-refractivity contribution < 1.29 is 0 Å². The summed E-state index contributed by atoms with van der Waals surface area (Å²) in [4.78, 5) is 1.28. The molecule has 0 unspecified atom stereocenters. The minimum atomic E-state index is 0.881. The van der Waals surface area contributed by atoms with Crippen molar-refractivity contribution in [3.63, 3.8) is 0 Å². The van der Waals surface area contributed by atoms with Crippen molar-refractivity contribution in [3.8, 4) is 0 Å². The second-order valence-corrected chi connectivity index (χ2v) is 4.88. The van der Waals surface area contributed by atoms with Gasteiger partial charge in [0.05, 0.1) is 0 Å². The summed E-state index contributed by atoms with van der Waals surface area (Å²) in [6, 6.07) is 16.8. The molecule has 1 nitrogen and oxygen atoms in total. The Bertz CT molecular complexity index is 517. The van der Waals surface area contributed by atoms with Gasteiger partial charge in [-0.25, -0.2) is 0 Å². The predicted molar refractivity (Wildman–Crippen MR) is 81.8 cm³/mol. The normalized spacial score (nSPS) is 10.1. The Hall–Kier alpha value is -1.67. The molecule has 0 saturated carbocycles. The molecule has 2 aromatic carbocycles. The van der Waals surface area contributed by atoms with Gasteiger partial charge in [0.25, 0.3) is 0 Å². The zero-order valence-electron chi connectivity index (χ0n) is 10.5. The van der Waals surface area contributed by atoms with E-state index in [9.17, 15) is 0 Å². The fourth-order valence-corrected chi connectivity index (χ4v) is 2.21. The van der Waals surface area contributed by atoms with Crippen LogP contribution in [0.15, 0.2) is 66.1 Å². The number of hydrogen-bond acceptors (Lipinski definition) is 2. The maximum atomic E-state index is 3.80. The minimum absolute atomic E-state index is 0.881. The van der Waals surface area contributed by atoms with Crippen molar-refractivity contribution in [2.45, 2.75) is 11.3 Å². The smallest absolute Gasteiger partial charge is 0.0419 e. The Kier molecular flexibility index (Phi) is 4.48. The molecule has 0 aliphatic rings. The van der Waals surface area contributed by atoms with Gasteiger partial charge in [0.1, 0.15) is 0 Å². The van der Waals surface area contributed by atoms with E-state index >= 15 is 0 Å². The summed E-state index contributed by atoms with van der Waals surface area (Å²) >= 11 is 1.75. The Labute approximate surface area is 113 Å². The summed E-state index contributed by atoms with van der Waals surface area (Å²) in [5, 5.41) is 3.45. The molecule has 92 valence electrons. The first-order valence-electron chi connectivity index (χ1n) is 5.93. The Morgan fingerprint density at radius 3 is 2.50 bits per heavy atom. The van der Waals surface area contributed by atoms with Crippen molar-refractivity contribution in [2.24, 2.45) is 0 Å². The van der Waals surface area contributed by atoms with Crippen molar-refractivity contribution in [3.05, 3.63) is 66.7 Å². The molecule has 0 spiro atoms. The van der Waals surface area contributed by atoms with E-state index in [2.05, 4.69) is 60.6 Å². The predicted octanol–water partition coefficient (Wildman–Crippen LogP) is 4.88. The third-order valence-electron chi connectivity index (χ3n) is 2.75. The number of anilines is 2. The second-order valence-electron chi connectivity index (χ2n) is 4.00. The van der Waals surface area contributed by atoms with Crippen LogP contribution in [0.2, 0.25) is 0 Å². The molecule has 0 saturated heterocycles. The molecular formula is C16H17NS. The first-order valence-corrected chi connectivity index (χ1v) is 7.16. The summed E-state index contributed by atoms with van der Waals surface area (Å²) in [7, 11) is 0. The van der Waals surface area contributed by atoms with E-state index in [4.69, 9.17) is 0 Å². The third-order valence-corrected chi connectivity index (χ3v) is 3.49. The van der Waals surface area contributed by atoms with Crippen molar-refractivity contribution in [1.82, 2.24) is 0 Å². The minimum Gasteiger partial charge on any atom is -0.355 e. The summed E-state index contributed by atoms with van der Waals surface area (Å²) < 4.78 is 0. The average molecular weight is 255 g/mol. The highest BCUT2D eigenvalue weighted by Gasteiger charge is 2.00. The van der Waals surface area contributed by atoms with Gasteiger partial charge >= 0.3 is 0 Å². The maximum Gasteiger partial charge on any atom is 0.0419 e. The van der Waals surface area contributed by atoms with E-state index in [1.807, 2.05) is 12.1 Å². The van der Waals surface area contributed by atoms with Crippen LogP contribution < -0.4 is 5.32 Å². The molecule has 0 radical (unpaired) electrons. The highest BCUT2D eigenvalue weighted by molar-refractivity contribution is 7.98. The molecule has 2 rings (SSSR count). The summed E-state index contributed by atoms with van der Waals surface area (Å²) in [5.74, 6) is 0. The number of nitrogens with one attached hydrogen (secondary N) is 1. The fraction of sp³-hybridized carbons (Fsp3) is 0.125. The van der Waals surface area contributed by atoms with Crippen LogP contribution in [0.5, 0.6) is 0 Å². The fourth-order valence-electron chi connectivity index (χ4n) is 1.81. The number of rotatable bonds is 5. The number of benzene rings is 2. The largest absolute Gasteiger partial charge is 0.355 e. The molecular weight excluding hydrogens is 238 g/mol. The molecule has 0 bridgehead atoms. The number of thioether (sulfide) groups is 1. The van der Waals surface area contributed by atoms with Gasteiger partial charge in [0.15, 0.2) is 0 Å². The SMILES string of the molecule is C=CCc1ccccc1Nc1ccc(SC)cc1. The number of para-hydroxylation sites is 1. The molecule has 0 aliphatic heterocycles. The van der Waals surface area contributed by atoms with E-state index in [0.717, 1.165) is 17.8 Å². The molecule has 0 aliphatic carbocycles. The lowest BCUT2D eigenvalue weighted by Crippen LogP contribution is -1.94. The van der Waals surface area contributed by atoms with Crippen LogP contribution in [-0.2, 0) is 6.42 Å². The molecule has 18 heavy (non-hydrogen) atoms. The third kappa shape index (κ3) is 3.17. The molecule has 0 atom stereocenters. The molecule has 2 aromatic rings. The molecule has 0 aromatic heterocycles.